The molecule has 1 heterocycles. The first kappa shape index (κ1) is 14.0. The van der Waals surface area contributed by atoms with E-state index in [9.17, 15) is 4.79 Å². The number of nitrogens with zero attached hydrogens (tertiary/aromatic N) is 1. The molecule has 3 rings (SSSR count). The SMILES string of the molecule is O=C(c1cccc(COc2ccccc2)c1)N1CCSC1. The minimum absolute atomic E-state index is 0.113. The first-order valence-corrected chi connectivity index (χ1v) is 8.12. The zero-order valence-corrected chi connectivity index (χ0v) is 12.5. The molecule has 108 valence electrons. The van der Waals surface area contributed by atoms with Crippen LogP contribution in [-0.2, 0) is 6.61 Å². The lowest BCUT2D eigenvalue weighted by atomic mass is 10.1. The Morgan fingerprint density at radius 3 is 2.76 bits per heavy atom. The minimum Gasteiger partial charge on any atom is -0.489 e. The molecule has 3 nitrogen and oxygen atoms in total. The summed E-state index contributed by atoms with van der Waals surface area (Å²) in [7, 11) is 0. The van der Waals surface area contributed by atoms with E-state index in [1.807, 2.05) is 59.5 Å². The summed E-state index contributed by atoms with van der Waals surface area (Å²) < 4.78 is 5.72. The third kappa shape index (κ3) is 3.58. The molecule has 0 radical (unpaired) electrons. The Hall–Kier alpha value is -1.94. The van der Waals surface area contributed by atoms with Crippen LogP contribution in [-0.4, -0.2) is 29.0 Å². The van der Waals surface area contributed by atoms with Gasteiger partial charge in [0.25, 0.3) is 5.91 Å². The van der Waals surface area contributed by atoms with Gasteiger partial charge >= 0.3 is 0 Å². The van der Waals surface area contributed by atoms with Crippen molar-refractivity contribution >= 4 is 17.7 Å². The van der Waals surface area contributed by atoms with Gasteiger partial charge in [0.15, 0.2) is 0 Å². The van der Waals surface area contributed by atoms with Gasteiger partial charge in [-0.05, 0) is 29.8 Å². The van der Waals surface area contributed by atoms with Crippen LogP contribution in [0.2, 0.25) is 0 Å². The molecule has 0 aliphatic carbocycles. The Morgan fingerprint density at radius 2 is 2.00 bits per heavy atom. The highest BCUT2D eigenvalue weighted by atomic mass is 32.2. The molecule has 1 saturated heterocycles. The molecule has 21 heavy (non-hydrogen) atoms. The number of rotatable bonds is 4. The maximum Gasteiger partial charge on any atom is 0.254 e. The van der Waals surface area contributed by atoms with E-state index < -0.39 is 0 Å². The van der Waals surface area contributed by atoms with E-state index in [0.717, 1.165) is 35.1 Å². The Bertz CT molecular complexity index is 609. The number of carbonyl (C=O) groups excluding carboxylic acids is 1. The van der Waals surface area contributed by atoms with Crippen molar-refractivity contribution in [3.8, 4) is 5.75 Å². The Kier molecular flexibility index (Phi) is 4.46. The van der Waals surface area contributed by atoms with Crippen LogP contribution >= 0.6 is 11.8 Å². The molecule has 0 saturated carbocycles. The summed E-state index contributed by atoms with van der Waals surface area (Å²) >= 11 is 1.80. The van der Waals surface area contributed by atoms with E-state index in [1.165, 1.54) is 0 Å². The number of thioether (sulfide) groups is 1. The summed E-state index contributed by atoms with van der Waals surface area (Å²) in [5.74, 6) is 2.78. The van der Waals surface area contributed by atoms with Crippen molar-refractivity contribution in [3.63, 3.8) is 0 Å². The molecule has 2 aromatic rings. The molecule has 0 aromatic heterocycles. The summed E-state index contributed by atoms with van der Waals surface area (Å²) in [6, 6.07) is 17.4. The summed E-state index contributed by atoms with van der Waals surface area (Å²) in [5.41, 5.74) is 1.75. The van der Waals surface area contributed by atoms with Gasteiger partial charge in [-0.25, -0.2) is 0 Å². The summed E-state index contributed by atoms with van der Waals surface area (Å²) in [4.78, 5) is 14.2. The molecular formula is C17H17NO2S. The van der Waals surface area contributed by atoms with Crippen molar-refractivity contribution in [1.29, 1.82) is 0 Å². The minimum atomic E-state index is 0.113. The Balaban J connectivity index is 1.66. The van der Waals surface area contributed by atoms with Crippen molar-refractivity contribution in [2.45, 2.75) is 6.61 Å². The summed E-state index contributed by atoms with van der Waals surface area (Å²) in [6.07, 6.45) is 0. The number of para-hydroxylation sites is 1. The number of hydrogen-bond donors (Lipinski definition) is 0. The fraction of sp³-hybridized carbons (Fsp3) is 0.235. The lowest BCUT2D eigenvalue weighted by Crippen LogP contribution is -2.27. The second-order valence-corrected chi connectivity index (χ2v) is 5.98. The first-order chi connectivity index (χ1) is 10.3. The van der Waals surface area contributed by atoms with Crippen LogP contribution < -0.4 is 4.74 Å². The van der Waals surface area contributed by atoms with Gasteiger partial charge in [0.1, 0.15) is 12.4 Å². The fourth-order valence-electron chi connectivity index (χ4n) is 2.23. The number of carbonyl (C=O) groups is 1. The standard InChI is InChI=1S/C17H17NO2S/c19-17(18-9-10-21-13-18)15-6-4-5-14(11-15)12-20-16-7-2-1-3-8-16/h1-8,11H,9-10,12-13H2. The van der Waals surface area contributed by atoms with Crippen LogP contribution in [0.1, 0.15) is 15.9 Å². The second-order valence-electron chi connectivity index (χ2n) is 4.91. The summed E-state index contributed by atoms with van der Waals surface area (Å²) in [5, 5.41) is 0. The maximum atomic E-state index is 12.3. The zero-order chi connectivity index (χ0) is 14.5. The van der Waals surface area contributed by atoms with E-state index in [-0.39, 0.29) is 5.91 Å². The third-order valence-electron chi connectivity index (χ3n) is 3.36. The average molecular weight is 299 g/mol. The molecule has 1 aliphatic heterocycles. The second kappa shape index (κ2) is 6.68. The predicted molar refractivity (Wildman–Crippen MR) is 85.6 cm³/mol. The molecule has 1 amide bonds. The van der Waals surface area contributed by atoms with Crippen LogP contribution in [0.25, 0.3) is 0 Å². The van der Waals surface area contributed by atoms with E-state index in [4.69, 9.17) is 4.74 Å². The van der Waals surface area contributed by atoms with Crippen LogP contribution in [0.4, 0.5) is 0 Å². The number of benzene rings is 2. The molecule has 0 atom stereocenters. The van der Waals surface area contributed by atoms with Crippen LogP contribution in [0, 0.1) is 0 Å². The highest BCUT2D eigenvalue weighted by Gasteiger charge is 2.19. The van der Waals surface area contributed by atoms with Crippen LogP contribution in [0.3, 0.4) is 0 Å². The normalized spacial score (nSPS) is 14.2. The molecule has 0 N–H and O–H groups in total. The van der Waals surface area contributed by atoms with E-state index in [2.05, 4.69) is 0 Å². The van der Waals surface area contributed by atoms with E-state index >= 15 is 0 Å². The van der Waals surface area contributed by atoms with Crippen molar-refractivity contribution in [3.05, 3.63) is 65.7 Å². The third-order valence-corrected chi connectivity index (χ3v) is 4.33. The summed E-state index contributed by atoms with van der Waals surface area (Å²) in [6.45, 7) is 1.31. The van der Waals surface area contributed by atoms with Gasteiger partial charge in [-0.1, -0.05) is 30.3 Å². The monoisotopic (exact) mass is 299 g/mol. The van der Waals surface area contributed by atoms with Gasteiger partial charge in [0.2, 0.25) is 0 Å². The number of ether oxygens (including phenoxy) is 1. The van der Waals surface area contributed by atoms with Gasteiger partial charge in [0.05, 0.1) is 5.88 Å². The predicted octanol–water partition coefficient (Wildman–Crippen LogP) is 3.41. The Morgan fingerprint density at radius 1 is 1.14 bits per heavy atom. The van der Waals surface area contributed by atoms with Gasteiger partial charge in [-0.15, -0.1) is 11.8 Å². The van der Waals surface area contributed by atoms with Crippen molar-refractivity contribution in [2.24, 2.45) is 0 Å². The lowest BCUT2D eigenvalue weighted by molar-refractivity contribution is 0.0802. The van der Waals surface area contributed by atoms with Gasteiger partial charge in [-0.3, -0.25) is 4.79 Å². The topological polar surface area (TPSA) is 29.5 Å². The van der Waals surface area contributed by atoms with Crippen molar-refractivity contribution in [1.82, 2.24) is 4.90 Å². The maximum absolute atomic E-state index is 12.3. The van der Waals surface area contributed by atoms with Crippen LogP contribution in [0.5, 0.6) is 5.75 Å². The largest absolute Gasteiger partial charge is 0.489 e. The fourth-order valence-corrected chi connectivity index (χ4v) is 3.18. The molecule has 1 aliphatic rings. The van der Waals surface area contributed by atoms with E-state index in [1.54, 1.807) is 11.8 Å². The molecule has 2 aromatic carbocycles. The molecule has 0 spiro atoms. The highest BCUT2D eigenvalue weighted by Crippen LogP contribution is 2.18. The number of amides is 1. The average Bonchev–Trinajstić information content (AvgIpc) is 3.08. The van der Waals surface area contributed by atoms with Crippen molar-refractivity contribution < 1.29 is 9.53 Å². The van der Waals surface area contributed by atoms with E-state index in [0.29, 0.717) is 6.61 Å². The molecule has 4 heteroatoms. The van der Waals surface area contributed by atoms with Gasteiger partial charge in [-0.2, -0.15) is 0 Å². The number of hydrogen-bond acceptors (Lipinski definition) is 3. The molecule has 1 fully saturated rings. The Labute approximate surface area is 128 Å². The zero-order valence-electron chi connectivity index (χ0n) is 11.7. The highest BCUT2D eigenvalue weighted by molar-refractivity contribution is 7.99. The van der Waals surface area contributed by atoms with Gasteiger partial charge in [0, 0.05) is 17.9 Å². The molecule has 0 unspecified atom stereocenters. The lowest BCUT2D eigenvalue weighted by Gasteiger charge is -2.15. The van der Waals surface area contributed by atoms with Crippen molar-refractivity contribution in [2.75, 3.05) is 18.2 Å². The first-order valence-electron chi connectivity index (χ1n) is 6.97. The quantitative estimate of drug-likeness (QED) is 0.866. The smallest absolute Gasteiger partial charge is 0.254 e. The van der Waals surface area contributed by atoms with Crippen LogP contribution in [0.15, 0.2) is 54.6 Å². The molecular weight excluding hydrogens is 282 g/mol. The van der Waals surface area contributed by atoms with Gasteiger partial charge < -0.3 is 9.64 Å². The molecule has 0 bridgehead atoms.